The molecule has 134 valence electrons. The summed E-state index contributed by atoms with van der Waals surface area (Å²) in [5.41, 5.74) is 2.55. The number of benzene rings is 2. The number of amides is 3. The minimum atomic E-state index is -0.230. The first-order chi connectivity index (χ1) is 12.6. The normalized spacial score (nSPS) is 13.8. The van der Waals surface area contributed by atoms with Gasteiger partial charge in [-0.3, -0.25) is 19.3 Å². The van der Waals surface area contributed by atoms with E-state index in [0.717, 1.165) is 11.4 Å². The molecule has 1 fully saturated rings. The summed E-state index contributed by atoms with van der Waals surface area (Å²) in [6, 6.07) is 17.4. The Morgan fingerprint density at radius 3 is 2.31 bits per heavy atom. The Hall–Kier alpha value is -3.15. The topological polar surface area (TPSA) is 69.7 Å². The van der Waals surface area contributed by atoms with Gasteiger partial charge >= 0.3 is 0 Å². The summed E-state index contributed by atoms with van der Waals surface area (Å²) in [6.07, 6.45) is 0.567. The standard InChI is InChI=1S/C20H21N3O3/c1-22(15-7-3-2-4-8-15)17-10-6-5-9-16(17)21-18(24)13-14-23-19(25)11-12-20(23)26/h2-10H,11-14H2,1H3,(H,21,24). The first-order valence-electron chi connectivity index (χ1n) is 8.57. The number of para-hydroxylation sites is 3. The van der Waals surface area contributed by atoms with Crippen LogP contribution in [0.5, 0.6) is 0 Å². The number of rotatable bonds is 6. The van der Waals surface area contributed by atoms with E-state index in [9.17, 15) is 14.4 Å². The highest BCUT2D eigenvalue weighted by molar-refractivity contribution is 6.02. The van der Waals surface area contributed by atoms with Crippen molar-refractivity contribution in [3.63, 3.8) is 0 Å². The van der Waals surface area contributed by atoms with E-state index < -0.39 is 0 Å². The molecule has 0 bridgehead atoms. The molecule has 0 atom stereocenters. The van der Waals surface area contributed by atoms with Crippen molar-refractivity contribution >= 4 is 34.8 Å². The number of anilines is 3. The Labute approximate surface area is 152 Å². The number of nitrogens with zero attached hydrogens (tertiary/aromatic N) is 2. The van der Waals surface area contributed by atoms with Gasteiger partial charge in [0.05, 0.1) is 11.4 Å². The zero-order valence-corrected chi connectivity index (χ0v) is 14.6. The Morgan fingerprint density at radius 2 is 1.62 bits per heavy atom. The van der Waals surface area contributed by atoms with Gasteiger partial charge in [-0.15, -0.1) is 0 Å². The molecule has 0 unspecified atom stereocenters. The van der Waals surface area contributed by atoms with Crippen LogP contribution in [-0.2, 0) is 14.4 Å². The van der Waals surface area contributed by atoms with Crippen molar-refractivity contribution in [1.29, 1.82) is 0 Å². The van der Waals surface area contributed by atoms with E-state index in [1.165, 1.54) is 4.90 Å². The number of nitrogens with one attached hydrogen (secondary N) is 1. The molecule has 0 spiro atoms. The van der Waals surface area contributed by atoms with Crippen LogP contribution in [0.2, 0.25) is 0 Å². The maximum atomic E-state index is 12.3. The summed E-state index contributed by atoms with van der Waals surface area (Å²) in [5, 5.41) is 2.88. The van der Waals surface area contributed by atoms with Gasteiger partial charge in [-0.1, -0.05) is 30.3 Å². The molecule has 2 aromatic carbocycles. The second kappa shape index (κ2) is 7.82. The molecule has 26 heavy (non-hydrogen) atoms. The molecular weight excluding hydrogens is 330 g/mol. The first kappa shape index (κ1) is 17.7. The van der Waals surface area contributed by atoms with E-state index in [1.54, 1.807) is 0 Å². The van der Waals surface area contributed by atoms with Gasteiger partial charge < -0.3 is 10.2 Å². The highest BCUT2D eigenvalue weighted by Gasteiger charge is 2.28. The SMILES string of the molecule is CN(c1ccccc1)c1ccccc1NC(=O)CCN1C(=O)CCC1=O. The second-order valence-corrected chi connectivity index (χ2v) is 6.15. The summed E-state index contributed by atoms with van der Waals surface area (Å²) in [5.74, 6) is -0.634. The maximum absolute atomic E-state index is 12.3. The predicted octanol–water partition coefficient (Wildman–Crippen LogP) is 2.93. The van der Waals surface area contributed by atoms with E-state index in [-0.39, 0.29) is 43.5 Å². The highest BCUT2D eigenvalue weighted by Crippen LogP contribution is 2.30. The van der Waals surface area contributed by atoms with Crippen molar-refractivity contribution in [3.05, 3.63) is 54.6 Å². The van der Waals surface area contributed by atoms with Crippen LogP contribution in [0.1, 0.15) is 19.3 Å². The molecule has 1 aliphatic heterocycles. The van der Waals surface area contributed by atoms with Crippen LogP contribution in [0.3, 0.4) is 0 Å². The van der Waals surface area contributed by atoms with Gasteiger partial charge in [0.2, 0.25) is 17.7 Å². The van der Waals surface area contributed by atoms with Crippen molar-refractivity contribution < 1.29 is 14.4 Å². The molecule has 0 aliphatic carbocycles. The van der Waals surface area contributed by atoms with Crippen LogP contribution in [0.25, 0.3) is 0 Å². The summed E-state index contributed by atoms with van der Waals surface area (Å²) in [7, 11) is 1.93. The lowest BCUT2D eigenvalue weighted by molar-refractivity contribution is -0.138. The van der Waals surface area contributed by atoms with Crippen molar-refractivity contribution in [2.75, 3.05) is 23.8 Å². The average Bonchev–Trinajstić information content (AvgIpc) is 2.98. The molecule has 1 saturated heterocycles. The Kier molecular flexibility index (Phi) is 5.31. The van der Waals surface area contributed by atoms with Crippen molar-refractivity contribution in [1.82, 2.24) is 4.90 Å². The lowest BCUT2D eigenvalue weighted by Crippen LogP contribution is -2.32. The van der Waals surface area contributed by atoms with Crippen LogP contribution in [-0.4, -0.2) is 36.2 Å². The van der Waals surface area contributed by atoms with Gasteiger partial charge in [0, 0.05) is 38.5 Å². The summed E-state index contributed by atoms with van der Waals surface area (Å²) in [4.78, 5) is 38.7. The van der Waals surface area contributed by atoms with Gasteiger partial charge in [0.15, 0.2) is 0 Å². The van der Waals surface area contributed by atoms with Gasteiger partial charge in [-0.25, -0.2) is 0 Å². The highest BCUT2D eigenvalue weighted by atomic mass is 16.2. The molecule has 1 N–H and O–H groups in total. The lowest BCUT2D eigenvalue weighted by Gasteiger charge is -2.23. The van der Waals surface area contributed by atoms with Crippen molar-refractivity contribution in [2.24, 2.45) is 0 Å². The molecule has 1 heterocycles. The van der Waals surface area contributed by atoms with E-state index >= 15 is 0 Å². The fraction of sp³-hybridized carbons (Fsp3) is 0.250. The van der Waals surface area contributed by atoms with Gasteiger partial charge in [0.25, 0.3) is 0 Å². The Balaban J connectivity index is 1.67. The third-order valence-electron chi connectivity index (χ3n) is 4.40. The first-order valence-corrected chi connectivity index (χ1v) is 8.57. The molecule has 3 rings (SSSR count). The minimum Gasteiger partial charge on any atom is -0.343 e. The Morgan fingerprint density at radius 1 is 1.00 bits per heavy atom. The number of carbonyl (C=O) groups is 3. The number of hydrogen-bond donors (Lipinski definition) is 1. The zero-order chi connectivity index (χ0) is 18.5. The molecule has 0 saturated carbocycles. The third kappa shape index (κ3) is 3.91. The average molecular weight is 351 g/mol. The number of carbonyl (C=O) groups excluding carboxylic acids is 3. The van der Waals surface area contributed by atoms with E-state index in [0.29, 0.717) is 5.69 Å². The summed E-state index contributed by atoms with van der Waals surface area (Å²) in [6.45, 7) is 0.125. The quantitative estimate of drug-likeness (QED) is 0.813. The largest absolute Gasteiger partial charge is 0.343 e. The van der Waals surface area contributed by atoms with Crippen LogP contribution < -0.4 is 10.2 Å². The molecular formula is C20H21N3O3. The smallest absolute Gasteiger partial charge is 0.229 e. The van der Waals surface area contributed by atoms with E-state index in [4.69, 9.17) is 0 Å². The number of likely N-dealkylation sites (tertiary alicyclic amines) is 1. The number of imide groups is 1. The van der Waals surface area contributed by atoms with Crippen LogP contribution in [0.15, 0.2) is 54.6 Å². The van der Waals surface area contributed by atoms with Crippen LogP contribution >= 0.6 is 0 Å². The molecule has 6 nitrogen and oxygen atoms in total. The maximum Gasteiger partial charge on any atom is 0.229 e. The van der Waals surface area contributed by atoms with Crippen LogP contribution in [0.4, 0.5) is 17.1 Å². The van der Waals surface area contributed by atoms with Crippen molar-refractivity contribution in [3.8, 4) is 0 Å². The molecule has 0 aromatic heterocycles. The monoisotopic (exact) mass is 351 g/mol. The van der Waals surface area contributed by atoms with Gasteiger partial charge in [-0.05, 0) is 24.3 Å². The second-order valence-electron chi connectivity index (χ2n) is 6.15. The van der Waals surface area contributed by atoms with E-state index in [2.05, 4.69) is 5.32 Å². The molecule has 0 radical (unpaired) electrons. The Bertz CT molecular complexity index is 804. The lowest BCUT2D eigenvalue weighted by atomic mass is 10.2. The fourth-order valence-electron chi connectivity index (χ4n) is 2.96. The van der Waals surface area contributed by atoms with Crippen LogP contribution in [0, 0.1) is 0 Å². The fourth-order valence-corrected chi connectivity index (χ4v) is 2.96. The molecule has 3 amide bonds. The number of hydrogen-bond acceptors (Lipinski definition) is 4. The molecule has 2 aromatic rings. The van der Waals surface area contributed by atoms with E-state index in [1.807, 2.05) is 66.5 Å². The third-order valence-corrected chi connectivity index (χ3v) is 4.40. The van der Waals surface area contributed by atoms with Gasteiger partial charge in [0.1, 0.15) is 0 Å². The van der Waals surface area contributed by atoms with Crippen molar-refractivity contribution in [2.45, 2.75) is 19.3 Å². The summed E-state index contributed by atoms with van der Waals surface area (Å²) < 4.78 is 0. The van der Waals surface area contributed by atoms with Gasteiger partial charge in [-0.2, -0.15) is 0 Å². The minimum absolute atomic E-state index is 0.0842. The zero-order valence-electron chi connectivity index (χ0n) is 14.6. The molecule has 6 heteroatoms. The predicted molar refractivity (Wildman–Crippen MR) is 100 cm³/mol. The summed E-state index contributed by atoms with van der Waals surface area (Å²) >= 11 is 0. The molecule has 1 aliphatic rings.